The fraction of sp³-hybridized carbons (Fsp3) is 0.273. The standard InChI is InChI=1S/C22H23ClN6O/c1-28(2)13-8-9-29(11-13)12-6-7-15-17(10-12)26-21(25-15)19-20(24)18-14(23)4-3-5-16(18)27-22(19)30/h3-7,10,13H,8-9,11H2,1-2H3,(H,25,26)(H3,24,27,30). The lowest BCUT2D eigenvalue weighted by Gasteiger charge is -2.21. The second-order valence-corrected chi connectivity index (χ2v) is 8.45. The molecule has 1 unspecified atom stereocenters. The van der Waals surface area contributed by atoms with Crippen LogP contribution in [-0.4, -0.2) is 53.1 Å². The average Bonchev–Trinajstić information content (AvgIpc) is 3.34. The molecule has 2 aromatic carbocycles. The Morgan fingerprint density at radius 1 is 1.20 bits per heavy atom. The van der Waals surface area contributed by atoms with E-state index in [1.54, 1.807) is 18.2 Å². The highest BCUT2D eigenvalue weighted by molar-refractivity contribution is 6.36. The van der Waals surface area contributed by atoms with Gasteiger partial charge in [0.05, 0.1) is 27.3 Å². The molecular weight excluding hydrogens is 400 g/mol. The highest BCUT2D eigenvalue weighted by Crippen LogP contribution is 2.33. The van der Waals surface area contributed by atoms with Crippen LogP contribution in [0.15, 0.2) is 41.2 Å². The molecule has 4 aromatic rings. The number of fused-ring (bicyclic) bond motifs is 2. The maximum absolute atomic E-state index is 12.8. The number of aromatic amines is 2. The second kappa shape index (κ2) is 7.04. The van der Waals surface area contributed by atoms with E-state index in [-0.39, 0.29) is 5.56 Å². The second-order valence-electron chi connectivity index (χ2n) is 8.04. The van der Waals surface area contributed by atoms with Gasteiger partial charge in [-0.3, -0.25) is 4.79 Å². The van der Waals surface area contributed by atoms with Crippen molar-refractivity contribution in [2.45, 2.75) is 12.5 Å². The Balaban J connectivity index is 1.58. The molecule has 2 aromatic heterocycles. The number of anilines is 2. The lowest BCUT2D eigenvalue weighted by molar-refractivity contribution is 0.315. The van der Waals surface area contributed by atoms with Crippen LogP contribution in [0.1, 0.15) is 6.42 Å². The van der Waals surface area contributed by atoms with Gasteiger partial charge in [-0.25, -0.2) is 4.98 Å². The molecule has 7 nitrogen and oxygen atoms in total. The van der Waals surface area contributed by atoms with Crippen LogP contribution >= 0.6 is 11.6 Å². The van der Waals surface area contributed by atoms with E-state index in [4.69, 9.17) is 17.3 Å². The number of likely N-dealkylation sites (N-methyl/N-ethyl adjacent to an activating group) is 1. The summed E-state index contributed by atoms with van der Waals surface area (Å²) in [6.07, 6.45) is 1.14. The minimum absolute atomic E-state index is 0.296. The molecule has 0 amide bonds. The van der Waals surface area contributed by atoms with E-state index in [2.05, 4.69) is 51.0 Å². The number of hydrogen-bond acceptors (Lipinski definition) is 5. The number of nitrogens with zero attached hydrogens (tertiary/aromatic N) is 3. The molecule has 0 spiro atoms. The maximum atomic E-state index is 12.8. The lowest BCUT2D eigenvalue weighted by Crippen LogP contribution is -2.31. The molecule has 154 valence electrons. The molecule has 0 aliphatic carbocycles. The van der Waals surface area contributed by atoms with Crippen molar-refractivity contribution in [1.82, 2.24) is 19.9 Å². The molecule has 0 radical (unpaired) electrons. The van der Waals surface area contributed by atoms with E-state index in [0.29, 0.717) is 39.0 Å². The van der Waals surface area contributed by atoms with Gasteiger partial charge in [0.1, 0.15) is 11.4 Å². The first-order valence-electron chi connectivity index (χ1n) is 9.94. The van der Waals surface area contributed by atoms with Crippen molar-refractivity contribution in [1.29, 1.82) is 0 Å². The Hall–Kier alpha value is -3.03. The van der Waals surface area contributed by atoms with Crippen LogP contribution in [0.25, 0.3) is 33.3 Å². The van der Waals surface area contributed by atoms with E-state index >= 15 is 0 Å². The van der Waals surface area contributed by atoms with Gasteiger partial charge in [-0.1, -0.05) is 17.7 Å². The van der Waals surface area contributed by atoms with Crippen LogP contribution in [0.5, 0.6) is 0 Å². The van der Waals surface area contributed by atoms with Gasteiger partial charge in [-0.2, -0.15) is 0 Å². The topological polar surface area (TPSA) is 94.0 Å². The summed E-state index contributed by atoms with van der Waals surface area (Å²) in [6.45, 7) is 2.01. The van der Waals surface area contributed by atoms with Crippen molar-refractivity contribution in [2.75, 3.05) is 37.8 Å². The number of pyridine rings is 1. The summed E-state index contributed by atoms with van der Waals surface area (Å²) in [4.78, 5) is 28.2. The molecule has 5 rings (SSSR count). The fourth-order valence-electron chi connectivity index (χ4n) is 4.28. The summed E-state index contributed by atoms with van der Waals surface area (Å²) in [5.41, 5.74) is 10.1. The summed E-state index contributed by atoms with van der Waals surface area (Å²) in [7, 11) is 4.24. The van der Waals surface area contributed by atoms with Gasteiger partial charge < -0.3 is 25.5 Å². The number of rotatable bonds is 3. The third kappa shape index (κ3) is 3.02. The third-order valence-electron chi connectivity index (χ3n) is 5.99. The van der Waals surface area contributed by atoms with Gasteiger partial charge in [0.2, 0.25) is 0 Å². The molecule has 1 fully saturated rings. The van der Waals surface area contributed by atoms with Crippen molar-refractivity contribution in [3.8, 4) is 11.4 Å². The molecule has 8 heteroatoms. The number of H-pyrrole nitrogens is 2. The van der Waals surface area contributed by atoms with Gasteiger partial charge in [-0.05, 0) is 50.8 Å². The van der Waals surface area contributed by atoms with Crippen molar-refractivity contribution in [3.05, 3.63) is 51.8 Å². The van der Waals surface area contributed by atoms with E-state index in [1.165, 1.54) is 0 Å². The monoisotopic (exact) mass is 422 g/mol. The molecular formula is C22H23ClN6O. The minimum Gasteiger partial charge on any atom is -0.397 e. The number of nitrogens with two attached hydrogens (primary N) is 1. The lowest BCUT2D eigenvalue weighted by atomic mass is 10.1. The summed E-state index contributed by atoms with van der Waals surface area (Å²) in [5.74, 6) is 0.440. The number of aromatic nitrogens is 3. The summed E-state index contributed by atoms with van der Waals surface area (Å²) in [5, 5.41) is 1.12. The Bertz CT molecular complexity index is 1320. The fourth-order valence-corrected chi connectivity index (χ4v) is 4.56. The number of imidazole rings is 1. The Kier molecular flexibility index (Phi) is 4.45. The molecule has 1 aliphatic heterocycles. The normalized spacial score (nSPS) is 16.9. The van der Waals surface area contributed by atoms with Gasteiger partial charge in [0, 0.05) is 30.2 Å². The molecule has 0 bridgehead atoms. The largest absolute Gasteiger partial charge is 0.397 e. The maximum Gasteiger partial charge on any atom is 0.261 e. The summed E-state index contributed by atoms with van der Waals surface area (Å²) >= 11 is 6.34. The highest BCUT2D eigenvalue weighted by Gasteiger charge is 2.24. The van der Waals surface area contributed by atoms with Crippen LogP contribution in [0.3, 0.4) is 0 Å². The predicted octanol–water partition coefficient (Wildman–Crippen LogP) is 3.45. The SMILES string of the molecule is CN(C)C1CCN(c2ccc3nc(-c4c(N)c5c(Cl)cccc5[nH]c4=O)[nH]c3c2)C1. The number of halogens is 1. The number of hydrogen-bond donors (Lipinski definition) is 3. The molecule has 1 aliphatic rings. The van der Waals surface area contributed by atoms with Crippen molar-refractivity contribution in [3.63, 3.8) is 0 Å². The quantitative estimate of drug-likeness (QED) is 0.470. The minimum atomic E-state index is -0.296. The smallest absolute Gasteiger partial charge is 0.261 e. The zero-order valence-corrected chi connectivity index (χ0v) is 17.6. The summed E-state index contributed by atoms with van der Waals surface area (Å²) < 4.78 is 0. The van der Waals surface area contributed by atoms with Crippen molar-refractivity contribution >= 4 is 44.9 Å². The first kappa shape index (κ1) is 19.0. The van der Waals surface area contributed by atoms with Crippen LogP contribution in [0.2, 0.25) is 5.02 Å². The molecule has 30 heavy (non-hydrogen) atoms. The first-order chi connectivity index (χ1) is 14.4. The Morgan fingerprint density at radius 2 is 2.03 bits per heavy atom. The number of benzene rings is 2. The van der Waals surface area contributed by atoms with Gasteiger partial charge in [-0.15, -0.1) is 0 Å². The van der Waals surface area contributed by atoms with E-state index < -0.39 is 0 Å². The van der Waals surface area contributed by atoms with E-state index in [0.717, 1.165) is 36.2 Å². The zero-order chi connectivity index (χ0) is 21.0. The van der Waals surface area contributed by atoms with Crippen LogP contribution in [0, 0.1) is 0 Å². The average molecular weight is 423 g/mol. The van der Waals surface area contributed by atoms with Crippen LogP contribution in [0.4, 0.5) is 11.4 Å². The van der Waals surface area contributed by atoms with Gasteiger partial charge >= 0.3 is 0 Å². The van der Waals surface area contributed by atoms with Crippen molar-refractivity contribution in [2.24, 2.45) is 0 Å². The van der Waals surface area contributed by atoms with E-state index in [9.17, 15) is 4.79 Å². The van der Waals surface area contributed by atoms with E-state index in [1.807, 2.05) is 6.07 Å². The molecule has 1 saturated heterocycles. The van der Waals surface area contributed by atoms with Crippen molar-refractivity contribution < 1.29 is 0 Å². The Labute approximate surface area is 178 Å². The summed E-state index contributed by atoms with van der Waals surface area (Å²) in [6, 6.07) is 12.0. The highest BCUT2D eigenvalue weighted by atomic mass is 35.5. The zero-order valence-electron chi connectivity index (χ0n) is 16.9. The predicted molar refractivity (Wildman–Crippen MR) is 123 cm³/mol. The Morgan fingerprint density at radius 3 is 2.80 bits per heavy atom. The van der Waals surface area contributed by atoms with Gasteiger partial charge in [0.15, 0.2) is 0 Å². The van der Waals surface area contributed by atoms with Crippen LogP contribution in [-0.2, 0) is 0 Å². The number of nitrogen functional groups attached to an aromatic ring is 1. The van der Waals surface area contributed by atoms with Gasteiger partial charge in [0.25, 0.3) is 5.56 Å². The molecule has 0 saturated carbocycles. The molecule has 4 N–H and O–H groups in total. The van der Waals surface area contributed by atoms with Crippen LogP contribution < -0.4 is 16.2 Å². The molecule has 1 atom stereocenters. The third-order valence-corrected chi connectivity index (χ3v) is 6.30. The number of nitrogens with one attached hydrogen (secondary N) is 2. The molecule has 3 heterocycles. The first-order valence-corrected chi connectivity index (χ1v) is 10.3.